The van der Waals surface area contributed by atoms with Crippen LogP contribution in [-0.4, -0.2) is 17.6 Å². The SMILES string of the molecule is NC1=NC(c2ccccc2)(c2ccc(F)c(-c3cccnc3)c2)CO1. The Hall–Kier alpha value is -3.21. The highest BCUT2D eigenvalue weighted by Crippen LogP contribution is 2.39. The van der Waals surface area contributed by atoms with E-state index in [1.165, 1.54) is 6.07 Å². The van der Waals surface area contributed by atoms with Crippen LogP contribution in [0.4, 0.5) is 4.39 Å². The second kappa shape index (κ2) is 6.02. The number of rotatable bonds is 3. The molecule has 5 heteroatoms. The molecule has 1 unspecified atom stereocenters. The lowest BCUT2D eigenvalue weighted by Gasteiger charge is -2.26. The average molecular weight is 333 g/mol. The fourth-order valence-corrected chi connectivity index (χ4v) is 3.13. The first kappa shape index (κ1) is 15.3. The van der Waals surface area contributed by atoms with E-state index in [0.29, 0.717) is 11.1 Å². The Bertz CT molecular complexity index is 928. The largest absolute Gasteiger partial charge is 0.462 e. The minimum Gasteiger partial charge on any atom is -0.462 e. The number of ether oxygens (including phenoxy) is 1. The molecule has 2 aromatic carbocycles. The summed E-state index contributed by atoms with van der Waals surface area (Å²) in [6.07, 6.45) is 3.30. The maximum Gasteiger partial charge on any atom is 0.283 e. The van der Waals surface area contributed by atoms with Crippen molar-refractivity contribution in [3.05, 3.63) is 90.0 Å². The molecule has 1 aliphatic heterocycles. The molecule has 2 heterocycles. The second-order valence-corrected chi connectivity index (χ2v) is 5.90. The topological polar surface area (TPSA) is 60.5 Å². The molecular weight excluding hydrogens is 317 g/mol. The Kier molecular flexibility index (Phi) is 3.69. The summed E-state index contributed by atoms with van der Waals surface area (Å²) in [5.74, 6) is -0.309. The lowest BCUT2D eigenvalue weighted by molar-refractivity contribution is 0.278. The maximum atomic E-state index is 14.4. The van der Waals surface area contributed by atoms with E-state index in [0.717, 1.165) is 11.1 Å². The van der Waals surface area contributed by atoms with Crippen LogP contribution in [0.15, 0.2) is 78.0 Å². The molecule has 0 fully saturated rings. The van der Waals surface area contributed by atoms with Gasteiger partial charge in [0.15, 0.2) is 5.54 Å². The van der Waals surface area contributed by atoms with Gasteiger partial charge in [0.2, 0.25) is 0 Å². The summed E-state index contributed by atoms with van der Waals surface area (Å²) < 4.78 is 19.9. The Morgan fingerprint density at radius 2 is 1.84 bits per heavy atom. The zero-order chi connectivity index (χ0) is 17.3. The number of aromatic nitrogens is 1. The molecule has 25 heavy (non-hydrogen) atoms. The average Bonchev–Trinajstić information content (AvgIpc) is 3.06. The van der Waals surface area contributed by atoms with Crippen molar-refractivity contribution < 1.29 is 9.13 Å². The van der Waals surface area contributed by atoms with Gasteiger partial charge >= 0.3 is 0 Å². The van der Waals surface area contributed by atoms with Crippen LogP contribution in [-0.2, 0) is 10.3 Å². The molecule has 0 saturated heterocycles. The molecular formula is C20H16FN3O. The van der Waals surface area contributed by atoms with Gasteiger partial charge in [-0.25, -0.2) is 9.38 Å². The quantitative estimate of drug-likeness (QED) is 0.798. The molecule has 0 saturated carbocycles. The van der Waals surface area contributed by atoms with Gasteiger partial charge in [-0.15, -0.1) is 0 Å². The highest BCUT2D eigenvalue weighted by molar-refractivity contribution is 5.75. The van der Waals surface area contributed by atoms with Crippen LogP contribution in [0.5, 0.6) is 0 Å². The van der Waals surface area contributed by atoms with Crippen molar-refractivity contribution >= 4 is 6.02 Å². The van der Waals surface area contributed by atoms with Crippen LogP contribution in [0.3, 0.4) is 0 Å². The van der Waals surface area contributed by atoms with Gasteiger partial charge in [0.05, 0.1) is 0 Å². The Labute approximate surface area is 144 Å². The third kappa shape index (κ3) is 2.63. The molecule has 0 aliphatic carbocycles. The summed E-state index contributed by atoms with van der Waals surface area (Å²) in [4.78, 5) is 8.64. The van der Waals surface area contributed by atoms with E-state index >= 15 is 0 Å². The molecule has 124 valence electrons. The van der Waals surface area contributed by atoms with E-state index in [9.17, 15) is 4.39 Å². The first-order valence-electron chi connectivity index (χ1n) is 7.93. The molecule has 1 aromatic heterocycles. The van der Waals surface area contributed by atoms with Gasteiger partial charge in [-0.2, -0.15) is 0 Å². The number of pyridine rings is 1. The van der Waals surface area contributed by atoms with Crippen LogP contribution in [0.2, 0.25) is 0 Å². The fraction of sp³-hybridized carbons (Fsp3) is 0.100. The van der Waals surface area contributed by atoms with Crippen LogP contribution < -0.4 is 5.73 Å². The highest BCUT2D eigenvalue weighted by Gasteiger charge is 2.40. The van der Waals surface area contributed by atoms with E-state index in [1.54, 1.807) is 30.6 Å². The summed E-state index contributed by atoms with van der Waals surface area (Å²) >= 11 is 0. The molecule has 0 bridgehead atoms. The minimum atomic E-state index is -0.782. The number of nitrogens with zero attached hydrogens (tertiary/aromatic N) is 2. The maximum absolute atomic E-state index is 14.4. The molecule has 1 aliphatic rings. The van der Waals surface area contributed by atoms with Crippen LogP contribution in [0.1, 0.15) is 11.1 Å². The van der Waals surface area contributed by atoms with Crippen molar-refractivity contribution in [2.24, 2.45) is 10.7 Å². The summed E-state index contributed by atoms with van der Waals surface area (Å²) in [5, 5.41) is 0. The molecule has 0 radical (unpaired) electrons. The number of nitrogens with two attached hydrogens (primary N) is 1. The summed E-state index contributed by atoms with van der Waals surface area (Å²) in [6, 6.07) is 18.5. The number of aliphatic imine (C=N–C) groups is 1. The molecule has 3 aromatic rings. The van der Waals surface area contributed by atoms with E-state index in [1.807, 2.05) is 36.4 Å². The summed E-state index contributed by atoms with van der Waals surface area (Å²) in [6.45, 7) is 0.279. The third-order valence-electron chi connectivity index (χ3n) is 4.40. The highest BCUT2D eigenvalue weighted by atomic mass is 19.1. The molecule has 1 atom stereocenters. The smallest absolute Gasteiger partial charge is 0.283 e. The van der Waals surface area contributed by atoms with Gasteiger partial charge in [0.25, 0.3) is 6.02 Å². The molecule has 2 N–H and O–H groups in total. The third-order valence-corrected chi connectivity index (χ3v) is 4.40. The van der Waals surface area contributed by atoms with Crippen molar-refractivity contribution in [1.82, 2.24) is 4.98 Å². The molecule has 4 rings (SSSR count). The monoisotopic (exact) mass is 333 g/mol. The molecule has 4 nitrogen and oxygen atoms in total. The minimum absolute atomic E-state index is 0.135. The normalized spacial score (nSPS) is 19.3. The van der Waals surface area contributed by atoms with Crippen LogP contribution in [0.25, 0.3) is 11.1 Å². The van der Waals surface area contributed by atoms with Gasteiger partial charge in [0, 0.05) is 23.5 Å². The Morgan fingerprint density at radius 3 is 2.52 bits per heavy atom. The molecule has 0 amide bonds. The van der Waals surface area contributed by atoms with Crippen molar-refractivity contribution in [2.75, 3.05) is 6.61 Å². The number of amidine groups is 1. The van der Waals surface area contributed by atoms with E-state index in [2.05, 4.69) is 9.98 Å². The predicted molar refractivity (Wildman–Crippen MR) is 94.4 cm³/mol. The number of hydrogen-bond acceptors (Lipinski definition) is 4. The predicted octanol–water partition coefficient (Wildman–Crippen LogP) is 3.48. The van der Waals surface area contributed by atoms with Gasteiger partial charge in [-0.3, -0.25) is 4.98 Å². The zero-order valence-corrected chi connectivity index (χ0v) is 13.4. The lowest BCUT2D eigenvalue weighted by Crippen LogP contribution is -2.27. The van der Waals surface area contributed by atoms with Crippen LogP contribution in [0, 0.1) is 5.82 Å². The molecule has 0 spiro atoms. The van der Waals surface area contributed by atoms with Crippen LogP contribution >= 0.6 is 0 Å². The second-order valence-electron chi connectivity index (χ2n) is 5.90. The van der Waals surface area contributed by atoms with E-state index < -0.39 is 5.54 Å². The van der Waals surface area contributed by atoms with Gasteiger partial charge in [-0.05, 0) is 29.3 Å². The van der Waals surface area contributed by atoms with Crippen molar-refractivity contribution in [3.63, 3.8) is 0 Å². The van der Waals surface area contributed by atoms with Gasteiger partial charge in [-0.1, -0.05) is 42.5 Å². The Morgan fingerprint density at radius 1 is 1.00 bits per heavy atom. The summed E-state index contributed by atoms with van der Waals surface area (Å²) in [7, 11) is 0. The standard InChI is InChI=1S/C20H16FN3O/c21-18-9-8-16(11-17(18)14-5-4-10-23-12-14)20(13-25-19(22)24-20)15-6-2-1-3-7-15/h1-12H,13H2,(H2,22,24). The number of halogens is 1. The van der Waals surface area contributed by atoms with Crippen molar-refractivity contribution in [1.29, 1.82) is 0 Å². The van der Waals surface area contributed by atoms with Gasteiger partial charge < -0.3 is 10.5 Å². The first-order chi connectivity index (χ1) is 12.2. The van der Waals surface area contributed by atoms with Gasteiger partial charge in [0.1, 0.15) is 12.4 Å². The zero-order valence-electron chi connectivity index (χ0n) is 13.4. The Balaban J connectivity index is 1.90. The summed E-state index contributed by atoms with van der Waals surface area (Å²) in [5.41, 5.74) is 7.97. The lowest BCUT2D eigenvalue weighted by atomic mass is 9.83. The first-order valence-corrected chi connectivity index (χ1v) is 7.93. The van der Waals surface area contributed by atoms with Crippen molar-refractivity contribution in [3.8, 4) is 11.1 Å². The van der Waals surface area contributed by atoms with E-state index in [-0.39, 0.29) is 18.4 Å². The number of hydrogen-bond donors (Lipinski definition) is 1. The van der Waals surface area contributed by atoms with E-state index in [4.69, 9.17) is 10.5 Å². The van der Waals surface area contributed by atoms with Crippen molar-refractivity contribution in [2.45, 2.75) is 5.54 Å². The fourth-order valence-electron chi connectivity index (χ4n) is 3.13. The number of benzene rings is 2.